The number of rotatable bonds is 3. The van der Waals surface area contributed by atoms with Crippen LogP contribution in [0.3, 0.4) is 0 Å². The van der Waals surface area contributed by atoms with Crippen LogP contribution >= 0.6 is 23.1 Å². The molecule has 19 heavy (non-hydrogen) atoms. The largest absolute Gasteiger partial charge is 0.284 e. The van der Waals surface area contributed by atoms with Gasteiger partial charge in [0.1, 0.15) is 9.73 Å². The molecule has 3 nitrogen and oxygen atoms in total. The lowest BCUT2D eigenvalue weighted by atomic mass is 9.97. The Morgan fingerprint density at radius 2 is 2.11 bits per heavy atom. The van der Waals surface area contributed by atoms with Gasteiger partial charge in [0.15, 0.2) is 0 Å². The topological polar surface area (TPSA) is 34.9 Å². The highest BCUT2D eigenvalue weighted by atomic mass is 32.2. The van der Waals surface area contributed by atoms with Crippen molar-refractivity contribution in [1.82, 2.24) is 9.78 Å². The molecule has 102 valence electrons. The molecule has 0 unspecified atom stereocenters. The van der Waals surface area contributed by atoms with Crippen LogP contribution in [0.1, 0.15) is 37.1 Å². The van der Waals surface area contributed by atoms with E-state index in [0.717, 1.165) is 28.3 Å². The smallest absolute Gasteiger partial charge is 0.266 e. The van der Waals surface area contributed by atoms with Gasteiger partial charge in [0.25, 0.3) is 5.56 Å². The molecular weight excluding hydrogens is 276 g/mol. The number of fused-ring (bicyclic) bond motifs is 3. The van der Waals surface area contributed by atoms with E-state index in [-0.39, 0.29) is 5.56 Å². The van der Waals surface area contributed by atoms with Gasteiger partial charge < -0.3 is 0 Å². The van der Waals surface area contributed by atoms with Crippen molar-refractivity contribution in [3.05, 3.63) is 20.8 Å². The standard InChI is InChI=1S/C14H18N2OS2/c1-3-16-14(17)12-11(13(15-16)18-4-2)9-7-5-6-8-10(9)19-12/h3-8H2,1-2H3. The molecule has 0 bridgehead atoms. The first kappa shape index (κ1) is 13.2. The minimum atomic E-state index is 0.0948. The predicted molar refractivity (Wildman–Crippen MR) is 82.6 cm³/mol. The SMILES string of the molecule is CCSc1nn(CC)c(=O)c2sc3c(c12)CCCC3. The second-order valence-corrected chi connectivity index (χ2v) is 7.13. The molecule has 0 N–H and O–H groups in total. The Morgan fingerprint density at radius 1 is 1.32 bits per heavy atom. The molecule has 2 aromatic heterocycles. The molecule has 0 amide bonds. The molecule has 1 aliphatic carbocycles. The van der Waals surface area contributed by atoms with Crippen LogP contribution in [0, 0.1) is 0 Å². The molecule has 0 saturated carbocycles. The number of hydrogen-bond donors (Lipinski definition) is 0. The van der Waals surface area contributed by atoms with E-state index in [9.17, 15) is 4.79 Å². The first-order chi connectivity index (χ1) is 9.26. The van der Waals surface area contributed by atoms with Gasteiger partial charge in [-0.1, -0.05) is 6.92 Å². The predicted octanol–water partition coefficient (Wildman–Crippen LogP) is 3.47. The van der Waals surface area contributed by atoms with Crippen molar-refractivity contribution in [1.29, 1.82) is 0 Å². The van der Waals surface area contributed by atoms with Crippen LogP contribution in [0.5, 0.6) is 0 Å². The Morgan fingerprint density at radius 3 is 2.84 bits per heavy atom. The van der Waals surface area contributed by atoms with Crippen molar-refractivity contribution in [3.8, 4) is 0 Å². The third-order valence-corrected chi connectivity index (χ3v) is 5.73. The lowest BCUT2D eigenvalue weighted by molar-refractivity contribution is 0.599. The summed E-state index contributed by atoms with van der Waals surface area (Å²) in [6.45, 7) is 4.77. The van der Waals surface area contributed by atoms with Gasteiger partial charge >= 0.3 is 0 Å². The Kier molecular flexibility index (Phi) is 3.67. The van der Waals surface area contributed by atoms with E-state index in [1.54, 1.807) is 27.8 Å². The molecule has 5 heteroatoms. The molecule has 0 saturated heterocycles. The summed E-state index contributed by atoms with van der Waals surface area (Å²) in [7, 11) is 0. The van der Waals surface area contributed by atoms with E-state index in [1.807, 2.05) is 6.92 Å². The Hall–Kier alpha value is -0.810. The number of nitrogens with zero attached hydrogens (tertiary/aromatic N) is 2. The van der Waals surface area contributed by atoms with E-state index in [0.29, 0.717) is 6.54 Å². The average Bonchev–Trinajstić information content (AvgIpc) is 2.82. The zero-order valence-corrected chi connectivity index (χ0v) is 13.0. The molecule has 0 aliphatic heterocycles. The van der Waals surface area contributed by atoms with Gasteiger partial charge in [-0.2, -0.15) is 5.10 Å². The highest BCUT2D eigenvalue weighted by Crippen LogP contribution is 2.38. The second kappa shape index (κ2) is 5.29. The van der Waals surface area contributed by atoms with Crippen molar-refractivity contribution in [3.63, 3.8) is 0 Å². The summed E-state index contributed by atoms with van der Waals surface area (Å²) in [5, 5.41) is 6.78. The van der Waals surface area contributed by atoms with Crippen molar-refractivity contribution >= 4 is 33.2 Å². The van der Waals surface area contributed by atoms with Crippen LogP contribution in [0.15, 0.2) is 9.82 Å². The van der Waals surface area contributed by atoms with Crippen LogP contribution in [-0.2, 0) is 19.4 Å². The van der Waals surface area contributed by atoms with Gasteiger partial charge in [-0.3, -0.25) is 4.79 Å². The van der Waals surface area contributed by atoms with Crippen LogP contribution in [0.2, 0.25) is 0 Å². The molecule has 0 fully saturated rings. The minimum absolute atomic E-state index is 0.0948. The summed E-state index contributed by atoms with van der Waals surface area (Å²) in [5.74, 6) is 0.995. The fourth-order valence-electron chi connectivity index (χ4n) is 2.72. The Labute approximate surface area is 121 Å². The van der Waals surface area contributed by atoms with Gasteiger partial charge in [-0.05, 0) is 43.9 Å². The summed E-state index contributed by atoms with van der Waals surface area (Å²) < 4.78 is 2.54. The fourth-order valence-corrected chi connectivity index (χ4v) is 4.92. The first-order valence-electron chi connectivity index (χ1n) is 6.94. The van der Waals surface area contributed by atoms with Crippen molar-refractivity contribution in [2.24, 2.45) is 0 Å². The molecule has 0 spiro atoms. The third kappa shape index (κ3) is 2.13. The van der Waals surface area contributed by atoms with Crippen LogP contribution < -0.4 is 5.56 Å². The summed E-state index contributed by atoms with van der Waals surface area (Å²) >= 11 is 3.47. The van der Waals surface area contributed by atoms with Crippen molar-refractivity contribution in [2.75, 3.05) is 5.75 Å². The number of aromatic nitrogens is 2. The van der Waals surface area contributed by atoms with E-state index in [4.69, 9.17) is 0 Å². The quantitative estimate of drug-likeness (QED) is 0.813. The fraction of sp³-hybridized carbons (Fsp3) is 0.571. The van der Waals surface area contributed by atoms with Gasteiger partial charge in [0.2, 0.25) is 0 Å². The van der Waals surface area contributed by atoms with Gasteiger partial charge in [-0.25, -0.2) is 4.68 Å². The second-order valence-electron chi connectivity index (χ2n) is 4.77. The number of thioether (sulfide) groups is 1. The molecule has 2 aromatic rings. The van der Waals surface area contributed by atoms with Gasteiger partial charge in [0, 0.05) is 16.8 Å². The van der Waals surface area contributed by atoms with E-state index in [1.165, 1.54) is 28.7 Å². The van der Waals surface area contributed by atoms with Crippen LogP contribution in [0.4, 0.5) is 0 Å². The molecule has 0 radical (unpaired) electrons. The molecule has 1 aliphatic rings. The van der Waals surface area contributed by atoms with Gasteiger partial charge in [-0.15, -0.1) is 23.1 Å². The number of aryl methyl sites for hydroxylation is 3. The minimum Gasteiger partial charge on any atom is -0.266 e. The highest BCUT2D eigenvalue weighted by molar-refractivity contribution is 7.99. The molecule has 0 atom stereocenters. The molecule has 2 heterocycles. The normalized spacial score (nSPS) is 14.8. The molecule has 3 rings (SSSR count). The zero-order chi connectivity index (χ0) is 13.4. The molecular formula is C14H18N2OS2. The van der Waals surface area contributed by atoms with E-state index >= 15 is 0 Å². The lowest BCUT2D eigenvalue weighted by Crippen LogP contribution is -2.22. The maximum Gasteiger partial charge on any atom is 0.284 e. The number of hydrogen-bond acceptors (Lipinski definition) is 4. The van der Waals surface area contributed by atoms with Crippen LogP contribution in [0.25, 0.3) is 10.1 Å². The van der Waals surface area contributed by atoms with Gasteiger partial charge in [0.05, 0.1) is 0 Å². The Balaban J connectivity index is 2.34. The van der Waals surface area contributed by atoms with E-state index < -0.39 is 0 Å². The highest BCUT2D eigenvalue weighted by Gasteiger charge is 2.22. The first-order valence-corrected chi connectivity index (χ1v) is 8.74. The Bertz CT molecular complexity index is 672. The average molecular weight is 294 g/mol. The monoisotopic (exact) mass is 294 g/mol. The summed E-state index contributed by atoms with van der Waals surface area (Å²) in [6.07, 6.45) is 4.75. The van der Waals surface area contributed by atoms with Crippen molar-refractivity contribution < 1.29 is 0 Å². The van der Waals surface area contributed by atoms with Crippen molar-refractivity contribution in [2.45, 2.75) is 51.1 Å². The number of thiophene rings is 1. The summed E-state index contributed by atoms with van der Waals surface area (Å²) in [6, 6.07) is 0. The lowest BCUT2D eigenvalue weighted by Gasteiger charge is -2.12. The zero-order valence-electron chi connectivity index (χ0n) is 11.4. The maximum atomic E-state index is 12.4. The van der Waals surface area contributed by atoms with E-state index in [2.05, 4.69) is 12.0 Å². The summed E-state index contributed by atoms with van der Waals surface area (Å²) in [4.78, 5) is 13.9. The van der Waals surface area contributed by atoms with Crippen LogP contribution in [-0.4, -0.2) is 15.5 Å². The third-order valence-electron chi connectivity index (χ3n) is 3.61. The summed E-state index contributed by atoms with van der Waals surface area (Å²) in [5.41, 5.74) is 1.51. The molecule has 0 aromatic carbocycles. The maximum absolute atomic E-state index is 12.4.